The molecule has 0 aromatic heterocycles. The van der Waals surface area contributed by atoms with Gasteiger partial charge in [-0.15, -0.1) is 0 Å². The van der Waals surface area contributed by atoms with Crippen molar-refractivity contribution in [2.24, 2.45) is 5.92 Å². The smallest absolute Gasteiger partial charge is 0.119 e. The maximum atomic E-state index is 9.90. The Labute approximate surface area is 131 Å². The Morgan fingerprint density at radius 1 is 1.23 bits per heavy atom. The second-order valence-electron chi connectivity index (χ2n) is 5.83. The number of aliphatic hydroxyl groups is 2. The zero-order chi connectivity index (χ0) is 16.1. The summed E-state index contributed by atoms with van der Waals surface area (Å²) in [5, 5.41) is 28.9. The minimum absolute atomic E-state index is 0.0277. The first kappa shape index (κ1) is 16.0. The predicted molar refractivity (Wildman–Crippen MR) is 89.8 cm³/mol. The van der Waals surface area contributed by atoms with Crippen molar-refractivity contribution >= 4 is 6.08 Å². The van der Waals surface area contributed by atoms with Crippen LogP contribution >= 0.6 is 0 Å². The van der Waals surface area contributed by atoms with Crippen molar-refractivity contribution in [3.8, 4) is 5.75 Å². The number of phenols is 1. The minimum Gasteiger partial charge on any atom is -0.512 e. The molecule has 0 aliphatic heterocycles. The number of hydrogen-bond donors (Lipinski definition) is 3. The van der Waals surface area contributed by atoms with E-state index in [1.54, 1.807) is 12.1 Å². The molecule has 3 heteroatoms. The highest BCUT2D eigenvalue weighted by atomic mass is 16.3. The van der Waals surface area contributed by atoms with E-state index in [2.05, 4.69) is 6.08 Å². The Hall–Kier alpha value is -2.42. The van der Waals surface area contributed by atoms with Gasteiger partial charge in [-0.1, -0.05) is 29.9 Å². The second kappa shape index (κ2) is 7.03. The molecule has 1 unspecified atom stereocenters. The Balaban J connectivity index is 2.13. The maximum Gasteiger partial charge on any atom is 0.119 e. The monoisotopic (exact) mass is 298 g/mol. The van der Waals surface area contributed by atoms with Crippen LogP contribution in [-0.4, -0.2) is 15.3 Å². The van der Waals surface area contributed by atoms with E-state index in [9.17, 15) is 15.3 Å². The first-order valence-corrected chi connectivity index (χ1v) is 7.38. The summed E-state index contributed by atoms with van der Waals surface area (Å²) in [5.74, 6) is 0.545. The maximum absolute atomic E-state index is 9.90. The van der Waals surface area contributed by atoms with E-state index < -0.39 is 0 Å². The van der Waals surface area contributed by atoms with E-state index >= 15 is 0 Å². The van der Waals surface area contributed by atoms with E-state index in [1.165, 1.54) is 11.6 Å². The van der Waals surface area contributed by atoms with Crippen LogP contribution in [0, 0.1) is 5.92 Å². The van der Waals surface area contributed by atoms with Gasteiger partial charge >= 0.3 is 0 Å². The molecule has 0 fully saturated rings. The molecule has 0 spiro atoms. The lowest BCUT2D eigenvalue weighted by atomic mass is 9.96. The van der Waals surface area contributed by atoms with Crippen molar-refractivity contribution in [1.29, 1.82) is 0 Å². The molecule has 1 aliphatic rings. The normalized spacial score (nSPS) is 18.0. The van der Waals surface area contributed by atoms with Gasteiger partial charge in [-0.05, 0) is 49.6 Å². The van der Waals surface area contributed by atoms with Gasteiger partial charge < -0.3 is 15.3 Å². The molecular formula is C19H22O3. The average Bonchev–Trinajstić information content (AvgIpc) is 2.44. The summed E-state index contributed by atoms with van der Waals surface area (Å²) in [6, 6.07) is 5.49. The van der Waals surface area contributed by atoms with Gasteiger partial charge in [0.1, 0.15) is 11.5 Å². The largest absolute Gasteiger partial charge is 0.512 e. The van der Waals surface area contributed by atoms with Gasteiger partial charge in [-0.3, -0.25) is 0 Å². The van der Waals surface area contributed by atoms with Gasteiger partial charge in [0.05, 0.1) is 5.76 Å². The lowest BCUT2D eigenvalue weighted by Crippen LogP contribution is -2.01. The highest BCUT2D eigenvalue weighted by Gasteiger charge is 2.11. The number of hydrogen-bond acceptors (Lipinski definition) is 3. The molecular weight excluding hydrogens is 276 g/mol. The van der Waals surface area contributed by atoms with E-state index in [-0.39, 0.29) is 17.4 Å². The van der Waals surface area contributed by atoms with Crippen molar-refractivity contribution in [1.82, 2.24) is 0 Å². The van der Waals surface area contributed by atoms with Gasteiger partial charge in [0, 0.05) is 18.4 Å². The fourth-order valence-corrected chi connectivity index (χ4v) is 2.34. The number of rotatable bonds is 4. The van der Waals surface area contributed by atoms with Gasteiger partial charge in [0.2, 0.25) is 0 Å². The molecule has 0 radical (unpaired) electrons. The van der Waals surface area contributed by atoms with Gasteiger partial charge in [-0.2, -0.15) is 0 Å². The first-order chi connectivity index (χ1) is 10.4. The van der Waals surface area contributed by atoms with Crippen LogP contribution in [0.4, 0.5) is 0 Å². The van der Waals surface area contributed by atoms with Crippen LogP contribution in [0.5, 0.6) is 5.75 Å². The highest BCUT2D eigenvalue weighted by Crippen LogP contribution is 2.24. The van der Waals surface area contributed by atoms with Crippen molar-refractivity contribution in [3.63, 3.8) is 0 Å². The number of allylic oxidation sites excluding steroid dienone is 6. The Kier molecular flexibility index (Phi) is 5.10. The molecule has 0 bridgehead atoms. The summed E-state index contributed by atoms with van der Waals surface area (Å²) in [6.45, 7) is 4.06. The lowest BCUT2D eigenvalue weighted by molar-refractivity contribution is 0.351. The molecule has 1 aliphatic carbocycles. The molecule has 2 rings (SSSR count). The van der Waals surface area contributed by atoms with Crippen LogP contribution in [0.25, 0.3) is 6.08 Å². The molecule has 1 aromatic rings. The molecule has 3 N–H and O–H groups in total. The zero-order valence-corrected chi connectivity index (χ0v) is 13.0. The van der Waals surface area contributed by atoms with Crippen LogP contribution in [0.3, 0.4) is 0 Å². The summed E-state index contributed by atoms with van der Waals surface area (Å²) in [4.78, 5) is 0. The number of aromatic hydroxyl groups is 1. The van der Waals surface area contributed by atoms with Crippen molar-refractivity contribution < 1.29 is 15.3 Å². The third kappa shape index (κ3) is 4.55. The molecule has 1 aromatic carbocycles. The Morgan fingerprint density at radius 3 is 2.68 bits per heavy atom. The number of aliphatic hydroxyl groups excluding tert-OH is 2. The van der Waals surface area contributed by atoms with Gasteiger partial charge in [-0.25, -0.2) is 0 Å². The summed E-state index contributed by atoms with van der Waals surface area (Å²) in [5.41, 5.74) is 3.08. The van der Waals surface area contributed by atoms with E-state index in [0.717, 1.165) is 11.1 Å². The Morgan fingerprint density at radius 2 is 2.00 bits per heavy atom. The molecule has 0 heterocycles. The van der Waals surface area contributed by atoms with Crippen LogP contribution in [0.1, 0.15) is 31.4 Å². The van der Waals surface area contributed by atoms with Crippen molar-refractivity contribution in [3.05, 3.63) is 70.7 Å². The van der Waals surface area contributed by atoms with E-state index in [0.29, 0.717) is 18.6 Å². The molecule has 0 amide bonds. The molecule has 0 saturated heterocycles. The Bertz CT molecular complexity index is 659. The number of benzene rings is 1. The zero-order valence-electron chi connectivity index (χ0n) is 13.0. The standard InChI is InChI=1S/C19H22O3/c1-13(2)3-7-16-9-14(6-8-19(16)22)4-5-15-10-17(20)12-18(21)11-15/h3-6,8-10,12,15,20-22H,7,11H2,1-2H3. The minimum atomic E-state index is -0.0277. The molecule has 3 nitrogen and oxygen atoms in total. The summed E-state index contributed by atoms with van der Waals surface area (Å²) in [6.07, 6.45) is 10.2. The summed E-state index contributed by atoms with van der Waals surface area (Å²) in [7, 11) is 0. The fraction of sp³-hybridized carbons (Fsp3) is 0.263. The topological polar surface area (TPSA) is 60.7 Å². The van der Waals surface area contributed by atoms with Crippen LogP contribution in [0.2, 0.25) is 0 Å². The molecule has 0 saturated carbocycles. The van der Waals surface area contributed by atoms with Crippen molar-refractivity contribution in [2.75, 3.05) is 0 Å². The fourth-order valence-electron chi connectivity index (χ4n) is 2.34. The molecule has 116 valence electrons. The quantitative estimate of drug-likeness (QED) is 0.698. The highest BCUT2D eigenvalue weighted by molar-refractivity contribution is 5.54. The van der Waals surface area contributed by atoms with Crippen LogP contribution < -0.4 is 0 Å². The summed E-state index contributed by atoms with van der Waals surface area (Å²) < 4.78 is 0. The predicted octanol–water partition coefficient (Wildman–Crippen LogP) is 4.82. The molecule has 1 atom stereocenters. The third-order valence-electron chi connectivity index (χ3n) is 3.51. The second-order valence-corrected chi connectivity index (χ2v) is 5.83. The summed E-state index contributed by atoms with van der Waals surface area (Å²) >= 11 is 0. The number of phenolic OH excluding ortho intramolecular Hbond substituents is 1. The lowest BCUT2D eigenvalue weighted by Gasteiger charge is -2.12. The van der Waals surface area contributed by atoms with Gasteiger partial charge in [0.25, 0.3) is 0 Å². The average molecular weight is 298 g/mol. The van der Waals surface area contributed by atoms with Crippen LogP contribution in [-0.2, 0) is 6.42 Å². The van der Waals surface area contributed by atoms with Crippen molar-refractivity contribution in [2.45, 2.75) is 26.7 Å². The van der Waals surface area contributed by atoms with Gasteiger partial charge in [0.15, 0.2) is 0 Å². The van der Waals surface area contributed by atoms with E-state index in [4.69, 9.17) is 0 Å². The van der Waals surface area contributed by atoms with Crippen LogP contribution in [0.15, 0.2) is 59.6 Å². The van der Waals surface area contributed by atoms with E-state index in [1.807, 2.05) is 38.1 Å². The molecule has 22 heavy (non-hydrogen) atoms. The SMILES string of the molecule is CC(C)=CCc1cc(C=CC2C=C(O)C=C(O)C2)ccc1O. The third-order valence-corrected chi connectivity index (χ3v) is 3.51. The first-order valence-electron chi connectivity index (χ1n) is 7.38.